The Morgan fingerprint density at radius 1 is 1.43 bits per heavy atom. The maximum absolute atomic E-state index is 10.2. The average Bonchev–Trinajstić information content (AvgIpc) is 2.15. The number of carboxylic acid groups (broad SMARTS) is 1. The predicted octanol–water partition coefficient (Wildman–Crippen LogP) is -1.09. The van der Waals surface area contributed by atoms with Crippen molar-refractivity contribution in [3.8, 4) is 5.75 Å². The molecule has 1 rings (SSSR count). The molecule has 3 nitrogen and oxygen atoms in total. The van der Waals surface area contributed by atoms with Crippen molar-refractivity contribution in [3.63, 3.8) is 0 Å². The fourth-order valence-corrected chi connectivity index (χ4v) is 0.883. The first kappa shape index (κ1) is 13.2. The van der Waals surface area contributed by atoms with Gasteiger partial charge in [-0.05, 0) is 23.8 Å². The first-order valence-electron chi connectivity index (χ1n) is 3.77. The van der Waals surface area contributed by atoms with Crippen molar-refractivity contribution < 1.29 is 45.6 Å². The van der Waals surface area contributed by atoms with Gasteiger partial charge in [-0.3, -0.25) is 0 Å². The fourth-order valence-electron chi connectivity index (χ4n) is 0.883. The molecule has 0 unspecified atom stereocenters. The van der Waals surface area contributed by atoms with Crippen LogP contribution < -0.4 is 34.3 Å². The number of hydrogen-bond donors (Lipinski definition) is 1. The number of methoxy groups -OCH3 is 1. The zero-order valence-electron chi connectivity index (χ0n) is 9.23. The summed E-state index contributed by atoms with van der Waals surface area (Å²) in [4.78, 5) is 10.2. The van der Waals surface area contributed by atoms with E-state index in [4.69, 9.17) is 9.84 Å². The minimum atomic E-state index is -0.948. The summed E-state index contributed by atoms with van der Waals surface area (Å²) in [5.74, 6) is -0.191. The van der Waals surface area contributed by atoms with E-state index in [2.05, 4.69) is 0 Å². The van der Waals surface area contributed by atoms with Crippen molar-refractivity contribution in [2.75, 3.05) is 7.11 Å². The van der Waals surface area contributed by atoms with Crippen LogP contribution in [-0.4, -0.2) is 18.2 Å². The van der Waals surface area contributed by atoms with Gasteiger partial charge in [0.15, 0.2) is 0 Å². The van der Waals surface area contributed by atoms with Crippen LogP contribution >= 0.6 is 0 Å². The number of aliphatic carboxylic acids is 1. The van der Waals surface area contributed by atoms with Gasteiger partial charge in [-0.15, -0.1) is 0 Å². The number of carboxylic acids is 1. The molecule has 0 fully saturated rings. The SMILES string of the molecule is COc1ccc(C=CC(=O)O)cc1.[H-].[Na+]. The van der Waals surface area contributed by atoms with E-state index in [1.807, 2.05) is 0 Å². The molecule has 1 aromatic carbocycles. The van der Waals surface area contributed by atoms with Crippen LogP contribution in [0.25, 0.3) is 6.08 Å². The third kappa shape index (κ3) is 4.46. The molecular formula is C10H11NaO3. The summed E-state index contributed by atoms with van der Waals surface area (Å²) in [6.45, 7) is 0. The van der Waals surface area contributed by atoms with E-state index >= 15 is 0 Å². The van der Waals surface area contributed by atoms with Gasteiger partial charge in [-0.2, -0.15) is 0 Å². The Morgan fingerprint density at radius 3 is 2.43 bits per heavy atom. The molecule has 0 atom stereocenters. The molecule has 0 aliphatic heterocycles. The number of hydrogen-bond acceptors (Lipinski definition) is 2. The molecular weight excluding hydrogens is 191 g/mol. The first-order valence-corrected chi connectivity index (χ1v) is 3.77. The number of ether oxygens (including phenoxy) is 1. The van der Waals surface area contributed by atoms with Crippen LogP contribution in [0.3, 0.4) is 0 Å². The largest absolute Gasteiger partial charge is 1.00 e. The maximum Gasteiger partial charge on any atom is 1.00 e. The summed E-state index contributed by atoms with van der Waals surface area (Å²) in [5.41, 5.74) is 0.836. The second kappa shape index (κ2) is 6.65. The summed E-state index contributed by atoms with van der Waals surface area (Å²) in [5, 5.41) is 8.36. The zero-order valence-corrected chi connectivity index (χ0v) is 10.2. The molecule has 0 saturated heterocycles. The number of benzene rings is 1. The average molecular weight is 202 g/mol. The molecule has 0 amide bonds. The molecule has 1 aromatic rings. The summed E-state index contributed by atoms with van der Waals surface area (Å²) in [6.07, 6.45) is 2.63. The van der Waals surface area contributed by atoms with Gasteiger partial charge in [-0.1, -0.05) is 12.1 Å². The molecule has 4 heteroatoms. The van der Waals surface area contributed by atoms with E-state index in [9.17, 15) is 4.79 Å². The fraction of sp³-hybridized carbons (Fsp3) is 0.100. The monoisotopic (exact) mass is 202 g/mol. The van der Waals surface area contributed by atoms with Gasteiger partial charge in [0.1, 0.15) is 5.75 Å². The smallest absolute Gasteiger partial charge is 1.00 e. The molecule has 0 spiro atoms. The predicted molar refractivity (Wildman–Crippen MR) is 50.8 cm³/mol. The van der Waals surface area contributed by atoms with Crippen LogP contribution in [0.1, 0.15) is 6.99 Å². The van der Waals surface area contributed by atoms with Gasteiger partial charge in [0.2, 0.25) is 0 Å². The van der Waals surface area contributed by atoms with E-state index in [1.54, 1.807) is 31.4 Å². The van der Waals surface area contributed by atoms with Crippen molar-refractivity contribution in [1.82, 2.24) is 0 Å². The molecule has 70 valence electrons. The van der Waals surface area contributed by atoms with Gasteiger partial charge in [0.25, 0.3) is 0 Å². The molecule has 0 saturated carbocycles. The molecule has 0 bridgehead atoms. The van der Waals surface area contributed by atoms with Crippen LogP contribution in [0.4, 0.5) is 0 Å². The standard InChI is InChI=1S/C10H10O3.Na.H/c1-13-9-5-2-8(3-6-9)4-7-10(11)12;;/h2-7H,1H3,(H,11,12);;/q;+1;-1. The Morgan fingerprint density at radius 2 is 2.00 bits per heavy atom. The topological polar surface area (TPSA) is 46.5 Å². The molecule has 1 N–H and O–H groups in total. The number of carbonyl (C=O) groups is 1. The van der Waals surface area contributed by atoms with E-state index in [0.29, 0.717) is 0 Å². The summed E-state index contributed by atoms with van der Waals surface area (Å²) in [7, 11) is 1.59. The molecule has 14 heavy (non-hydrogen) atoms. The Kier molecular flexibility index (Phi) is 6.28. The van der Waals surface area contributed by atoms with Gasteiger partial charge in [-0.25, -0.2) is 4.79 Å². The van der Waals surface area contributed by atoms with E-state index < -0.39 is 5.97 Å². The van der Waals surface area contributed by atoms with Gasteiger partial charge in [0.05, 0.1) is 7.11 Å². The van der Waals surface area contributed by atoms with Crippen LogP contribution in [0.5, 0.6) is 5.75 Å². The quantitative estimate of drug-likeness (QED) is 0.500. The van der Waals surface area contributed by atoms with Gasteiger partial charge in [0, 0.05) is 6.08 Å². The normalized spacial score (nSPS) is 9.50. The van der Waals surface area contributed by atoms with Gasteiger partial charge < -0.3 is 11.3 Å². The second-order valence-electron chi connectivity index (χ2n) is 2.44. The summed E-state index contributed by atoms with van der Waals surface area (Å²) in [6, 6.07) is 7.14. The Bertz CT molecular complexity index is 322. The third-order valence-electron chi connectivity index (χ3n) is 1.53. The van der Waals surface area contributed by atoms with Crippen LogP contribution in [-0.2, 0) is 4.79 Å². The first-order chi connectivity index (χ1) is 6.22. The summed E-state index contributed by atoms with van der Waals surface area (Å²) >= 11 is 0. The molecule has 0 aliphatic carbocycles. The van der Waals surface area contributed by atoms with Crippen molar-refractivity contribution in [2.24, 2.45) is 0 Å². The van der Waals surface area contributed by atoms with Crippen molar-refractivity contribution in [3.05, 3.63) is 35.9 Å². The maximum atomic E-state index is 10.2. The van der Waals surface area contributed by atoms with Crippen LogP contribution in [0, 0.1) is 0 Å². The Hall–Kier alpha value is -0.770. The number of rotatable bonds is 3. The van der Waals surface area contributed by atoms with Crippen LogP contribution in [0.2, 0.25) is 0 Å². The zero-order chi connectivity index (χ0) is 9.68. The Labute approximate surface area is 106 Å². The van der Waals surface area contributed by atoms with E-state index in [0.717, 1.165) is 17.4 Å². The second-order valence-corrected chi connectivity index (χ2v) is 2.44. The molecule has 0 aromatic heterocycles. The Balaban J connectivity index is 0. The molecule has 0 radical (unpaired) electrons. The van der Waals surface area contributed by atoms with Gasteiger partial charge >= 0.3 is 35.5 Å². The van der Waals surface area contributed by atoms with Crippen LogP contribution in [0.15, 0.2) is 30.3 Å². The van der Waals surface area contributed by atoms with Crippen molar-refractivity contribution in [2.45, 2.75) is 0 Å². The minimum Gasteiger partial charge on any atom is -1.00 e. The molecule has 0 aliphatic rings. The third-order valence-corrected chi connectivity index (χ3v) is 1.53. The van der Waals surface area contributed by atoms with Crippen molar-refractivity contribution in [1.29, 1.82) is 0 Å². The van der Waals surface area contributed by atoms with E-state index in [-0.39, 0.29) is 31.0 Å². The minimum absolute atomic E-state index is 0. The molecule has 0 heterocycles. The van der Waals surface area contributed by atoms with E-state index in [1.165, 1.54) is 6.08 Å². The summed E-state index contributed by atoms with van der Waals surface area (Å²) < 4.78 is 4.95. The van der Waals surface area contributed by atoms with Crippen molar-refractivity contribution >= 4 is 12.0 Å².